The van der Waals surface area contributed by atoms with Gasteiger partial charge in [0.15, 0.2) is 0 Å². The van der Waals surface area contributed by atoms with Crippen LogP contribution in [0.25, 0.3) is 0 Å². The lowest BCUT2D eigenvalue weighted by Crippen LogP contribution is -2.43. The van der Waals surface area contributed by atoms with E-state index in [2.05, 4.69) is 15.5 Å². The molecule has 0 spiro atoms. The van der Waals surface area contributed by atoms with Gasteiger partial charge in [-0.1, -0.05) is 0 Å². The fraction of sp³-hybridized carbons (Fsp3) is 0.714. The Morgan fingerprint density at radius 3 is 3.11 bits per heavy atom. The molecular formula is C14H22N4O. The van der Waals surface area contributed by atoms with Crippen molar-refractivity contribution >= 4 is 5.91 Å². The van der Waals surface area contributed by atoms with Gasteiger partial charge in [0.1, 0.15) is 0 Å². The minimum atomic E-state index is 0.241. The molecule has 1 amide bonds. The Labute approximate surface area is 113 Å². The summed E-state index contributed by atoms with van der Waals surface area (Å²) in [5.41, 5.74) is 1.16. The lowest BCUT2D eigenvalue weighted by Gasteiger charge is -2.32. The lowest BCUT2D eigenvalue weighted by atomic mass is 9.95. The fourth-order valence-electron chi connectivity index (χ4n) is 2.77. The highest BCUT2D eigenvalue weighted by atomic mass is 16.2. The van der Waals surface area contributed by atoms with Crippen LogP contribution in [-0.2, 0) is 4.79 Å². The van der Waals surface area contributed by atoms with Crippen LogP contribution in [-0.4, -0.2) is 47.2 Å². The molecule has 2 fully saturated rings. The molecule has 2 heterocycles. The molecule has 2 N–H and O–H groups in total. The maximum absolute atomic E-state index is 12.2. The summed E-state index contributed by atoms with van der Waals surface area (Å²) in [6.07, 6.45) is 6.66. The highest BCUT2D eigenvalue weighted by Gasteiger charge is 2.26. The van der Waals surface area contributed by atoms with Gasteiger partial charge in [-0.05, 0) is 44.2 Å². The minimum absolute atomic E-state index is 0.241. The summed E-state index contributed by atoms with van der Waals surface area (Å²) in [4.78, 5) is 14.1. The Morgan fingerprint density at radius 1 is 1.47 bits per heavy atom. The zero-order chi connectivity index (χ0) is 13.1. The molecule has 1 aromatic rings. The normalized spacial score (nSPS) is 23.6. The molecule has 0 aromatic carbocycles. The number of nitrogens with one attached hydrogen (secondary N) is 2. The molecule has 2 aliphatic rings. The highest BCUT2D eigenvalue weighted by Crippen LogP contribution is 2.27. The van der Waals surface area contributed by atoms with Crippen molar-refractivity contribution in [2.45, 2.75) is 31.6 Å². The molecule has 104 valence electrons. The Kier molecular flexibility index (Phi) is 3.82. The second-order valence-corrected chi connectivity index (χ2v) is 5.77. The summed E-state index contributed by atoms with van der Waals surface area (Å²) in [6.45, 7) is 3.22. The number of piperidine rings is 1. The van der Waals surface area contributed by atoms with E-state index in [-0.39, 0.29) is 5.91 Å². The van der Waals surface area contributed by atoms with Gasteiger partial charge in [0, 0.05) is 30.9 Å². The zero-order valence-corrected chi connectivity index (χ0v) is 11.3. The van der Waals surface area contributed by atoms with Gasteiger partial charge >= 0.3 is 0 Å². The Balaban J connectivity index is 1.48. The zero-order valence-electron chi connectivity index (χ0n) is 11.3. The Bertz CT molecular complexity index is 413. The van der Waals surface area contributed by atoms with E-state index in [1.807, 2.05) is 11.0 Å². The molecule has 1 saturated carbocycles. The molecule has 0 bridgehead atoms. The van der Waals surface area contributed by atoms with Crippen molar-refractivity contribution in [1.82, 2.24) is 20.4 Å². The first-order valence-electron chi connectivity index (χ1n) is 7.30. The van der Waals surface area contributed by atoms with E-state index in [4.69, 9.17) is 0 Å². The summed E-state index contributed by atoms with van der Waals surface area (Å²) < 4.78 is 0. The number of nitrogens with zero attached hydrogens (tertiary/aromatic N) is 2. The average molecular weight is 262 g/mol. The molecule has 1 aromatic heterocycles. The average Bonchev–Trinajstić information content (AvgIpc) is 3.10. The smallest absolute Gasteiger partial charge is 0.236 e. The molecule has 5 heteroatoms. The van der Waals surface area contributed by atoms with Gasteiger partial charge in [-0.2, -0.15) is 5.10 Å². The number of H-pyrrole nitrogens is 1. The number of amides is 1. The number of likely N-dealkylation sites (tertiary alicyclic amines) is 1. The maximum atomic E-state index is 12.2. The molecular weight excluding hydrogens is 240 g/mol. The number of carbonyl (C=O) groups excluding carboxylic acids is 1. The van der Waals surface area contributed by atoms with Crippen LogP contribution in [0.2, 0.25) is 0 Å². The second kappa shape index (κ2) is 5.74. The number of hydrogen-bond acceptors (Lipinski definition) is 3. The molecule has 19 heavy (non-hydrogen) atoms. The van der Waals surface area contributed by atoms with Crippen molar-refractivity contribution in [1.29, 1.82) is 0 Å². The van der Waals surface area contributed by atoms with E-state index in [0.29, 0.717) is 12.5 Å². The number of rotatable bonds is 5. The fourth-order valence-corrected chi connectivity index (χ4v) is 2.77. The van der Waals surface area contributed by atoms with Crippen molar-refractivity contribution in [3.05, 3.63) is 18.0 Å². The summed E-state index contributed by atoms with van der Waals surface area (Å²) in [7, 11) is 0. The molecule has 1 aliphatic heterocycles. The van der Waals surface area contributed by atoms with E-state index in [1.54, 1.807) is 6.20 Å². The van der Waals surface area contributed by atoms with Crippen LogP contribution in [0.5, 0.6) is 0 Å². The van der Waals surface area contributed by atoms with Gasteiger partial charge < -0.3 is 10.2 Å². The molecule has 1 aliphatic carbocycles. The maximum Gasteiger partial charge on any atom is 0.236 e. The molecule has 1 saturated heterocycles. The number of hydrogen-bond donors (Lipinski definition) is 2. The van der Waals surface area contributed by atoms with Crippen LogP contribution in [0.1, 0.15) is 37.3 Å². The van der Waals surface area contributed by atoms with Gasteiger partial charge in [0.2, 0.25) is 5.91 Å². The predicted octanol–water partition coefficient (Wildman–Crippen LogP) is 1.12. The van der Waals surface area contributed by atoms with Gasteiger partial charge in [-0.25, -0.2) is 0 Å². The lowest BCUT2D eigenvalue weighted by molar-refractivity contribution is -0.131. The van der Waals surface area contributed by atoms with E-state index in [0.717, 1.165) is 44.1 Å². The highest BCUT2D eigenvalue weighted by molar-refractivity contribution is 5.78. The summed E-state index contributed by atoms with van der Waals surface area (Å²) in [5, 5.41) is 10.3. The van der Waals surface area contributed by atoms with Crippen LogP contribution in [0, 0.1) is 5.92 Å². The summed E-state index contributed by atoms with van der Waals surface area (Å²) >= 11 is 0. The predicted molar refractivity (Wildman–Crippen MR) is 72.7 cm³/mol. The van der Waals surface area contributed by atoms with Crippen molar-refractivity contribution < 1.29 is 4.79 Å². The third-order valence-corrected chi connectivity index (χ3v) is 4.14. The van der Waals surface area contributed by atoms with Crippen molar-refractivity contribution in [3.8, 4) is 0 Å². The monoisotopic (exact) mass is 262 g/mol. The van der Waals surface area contributed by atoms with Crippen LogP contribution < -0.4 is 5.32 Å². The standard InChI is InChI=1S/C14H22N4O/c19-14(9-15-8-11-3-4-11)18-7-1-2-12(10-18)13-5-6-16-17-13/h5-6,11-12,15H,1-4,7-10H2,(H,16,17). The number of aromatic amines is 1. The van der Waals surface area contributed by atoms with Crippen LogP contribution in [0.3, 0.4) is 0 Å². The molecule has 5 nitrogen and oxygen atoms in total. The minimum Gasteiger partial charge on any atom is -0.341 e. The largest absolute Gasteiger partial charge is 0.341 e. The number of aromatic nitrogens is 2. The SMILES string of the molecule is O=C(CNCC1CC1)N1CCCC(c2ccn[nH]2)C1. The van der Waals surface area contributed by atoms with Gasteiger partial charge in [0.05, 0.1) is 6.54 Å². The molecule has 0 radical (unpaired) electrons. The van der Waals surface area contributed by atoms with E-state index >= 15 is 0 Å². The number of carbonyl (C=O) groups is 1. The first-order chi connectivity index (χ1) is 9.33. The van der Waals surface area contributed by atoms with Gasteiger partial charge in [-0.15, -0.1) is 0 Å². The van der Waals surface area contributed by atoms with Gasteiger partial charge in [0.25, 0.3) is 0 Å². The first kappa shape index (κ1) is 12.7. The molecule has 1 atom stereocenters. The topological polar surface area (TPSA) is 61.0 Å². The van der Waals surface area contributed by atoms with Crippen molar-refractivity contribution in [2.75, 3.05) is 26.2 Å². The van der Waals surface area contributed by atoms with Crippen molar-refractivity contribution in [3.63, 3.8) is 0 Å². The quantitative estimate of drug-likeness (QED) is 0.836. The van der Waals surface area contributed by atoms with E-state index < -0.39 is 0 Å². The Hall–Kier alpha value is -1.36. The van der Waals surface area contributed by atoms with Crippen LogP contribution in [0.15, 0.2) is 12.3 Å². The second-order valence-electron chi connectivity index (χ2n) is 5.77. The molecule has 1 unspecified atom stereocenters. The van der Waals surface area contributed by atoms with Gasteiger partial charge in [-0.3, -0.25) is 9.89 Å². The van der Waals surface area contributed by atoms with Crippen LogP contribution in [0.4, 0.5) is 0 Å². The summed E-state index contributed by atoms with van der Waals surface area (Å²) in [6, 6.07) is 2.02. The summed E-state index contributed by atoms with van der Waals surface area (Å²) in [5.74, 6) is 1.49. The van der Waals surface area contributed by atoms with Crippen LogP contribution >= 0.6 is 0 Å². The first-order valence-corrected chi connectivity index (χ1v) is 7.30. The van der Waals surface area contributed by atoms with E-state index in [9.17, 15) is 4.79 Å². The van der Waals surface area contributed by atoms with Crippen molar-refractivity contribution in [2.24, 2.45) is 5.92 Å². The third kappa shape index (κ3) is 3.35. The third-order valence-electron chi connectivity index (χ3n) is 4.14. The molecule has 3 rings (SSSR count). The Morgan fingerprint density at radius 2 is 2.37 bits per heavy atom. The van der Waals surface area contributed by atoms with E-state index in [1.165, 1.54) is 12.8 Å².